The van der Waals surface area contributed by atoms with Crippen LogP contribution in [0.2, 0.25) is 0 Å². The van der Waals surface area contributed by atoms with Gasteiger partial charge in [-0.05, 0) is 51.4 Å². The van der Waals surface area contributed by atoms with Crippen LogP contribution in [-0.4, -0.2) is 58.1 Å². The van der Waals surface area contributed by atoms with Crippen LogP contribution in [0, 0.1) is 5.92 Å². The molecule has 2 aliphatic carbocycles. The number of carbonyl (C=O) groups excluding carboxylic acids is 1. The number of nitrogens with one attached hydrogen (secondary N) is 1. The maximum Gasteiger partial charge on any atom is 0.274 e. The van der Waals surface area contributed by atoms with Crippen molar-refractivity contribution in [3.05, 3.63) is 17.0 Å². The first kappa shape index (κ1) is 15.2. The summed E-state index contributed by atoms with van der Waals surface area (Å²) in [4.78, 5) is 17.6. The maximum absolute atomic E-state index is 13.0. The largest absolute Gasteiger partial charge is 0.332 e. The molecule has 1 saturated carbocycles. The van der Waals surface area contributed by atoms with Gasteiger partial charge in [-0.15, -0.1) is 0 Å². The Bertz CT molecular complexity index is 578. The molecule has 5 nitrogen and oxygen atoms in total. The highest BCUT2D eigenvalue weighted by Gasteiger charge is 2.33. The van der Waals surface area contributed by atoms with Crippen molar-refractivity contribution in [2.24, 2.45) is 5.92 Å². The molecule has 1 amide bonds. The van der Waals surface area contributed by atoms with Crippen LogP contribution < -0.4 is 0 Å². The maximum atomic E-state index is 13.0. The monoisotopic (exact) mass is 316 g/mol. The van der Waals surface area contributed by atoms with Gasteiger partial charge in [-0.25, -0.2) is 0 Å². The van der Waals surface area contributed by atoms with Crippen LogP contribution in [0.5, 0.6) is 0 Å². The van der Waals surface area contributed by atoms with E-state index in [1.807, 2.05) is 4.90 Å². The summed E-state index contributed by atoms with van der Waals surface area (Å²) in [7, 11) is 0. The van der Waals surface area contributed by atoms with Crippen LogP contribution in [0.3, 0.4) is 0 Å². The first-order chi connectivity index (χ1) is 11.2. The van der Waals surface area contributed by atoms with E-state index in [2.05, 4.69) is 22.0 Å². The Morgan fingerprint density at radius 1 is 1.22 bits per heavy atom. The molecule has 2 fully saturated rings. The zero-order valence-electron chi connectivity index (χ0n) is 14.2. The van der Waals surface area contributed by atoms with Gasteiger partial charge in [0.05, 0.1) is 0 Å². The van der Waals surface area contributed by atoms with Crippen molar-refractivity contribution in [1.82, 2.24) is 20.0 Å². The number of hydrogen-bond donors (Lipinski definition) is 1. The van der Waals surface area contributed by atoms with Gasteiger partial charge in [0.1, 0.15) is 0 Å². The second-order valence-electron chi connectivity index (χ2n) is 7.64. The molecule has 0 unspecified atom stereocenters. The summed E-state index contributed by atoms with van der Waals surface area (Å²) in [5.41, 5.74) is 3.09. The van der Waals surface area contributed by atoms with Gasteiger partial charge in [-0.3, -0.25) is 14.8 Å². The predicted octanol–water partition coefficient (Wildman–Crippen LogP) is 2.23. The first-order valence-corrected chi connectivity index (χ1v) is 9.32. The number of amides is 1. The van der Waals surface area contributed by atoms with Crippen molar-refractivity contribution in [3.8, 4) is 0 Å². The zero-order chi connectivity index (χ0) is 15.8. The molecule has 0 spiro atoms. The Morgan fingerprint density at radius 2 is 2.04 bits per heavy atom. The summed E-state index contributed by atoms with van der Waals surface area (Å²) < 4.78 is 0. The van der Waals surface area contributed by atoms with Crippen LogP contribution in [0.15, 0.2) is 0 Å². The highest BCUT2D eigenvalue weighted by Crippen LogP contribution is 2.30. The van der Waals surface area contributed by atoms with E-state index in [-0.39, 0.29) is 11.9 Å². The van der Waals surface area contributed by atoms with Gasteiger partial charge < -0.3 is 4.90 Å². The zero-order valence-corrected chi connectivity index (χ0v) is 14.2. The van der Waals surface area contributed by atoms with E-state index in [0.29, 0.717) is 5.69 Å². The number of fused-ring (bicyclic) bond motifs is 1. The number of rotatable bonds is 3. The molecule has 5 heteroatoms. The Hall–Kier alpha value is -1.36. The molecule has 1 aromatic rings. The Morgan fingerprint density at radius 3 is 2.83 bits per heavy atom. The summed E-state index contributed by atoms with van der Waals surface area (Å²) in [6.07, 6.45) is 8.48. The molecule has 1 N–H and O–H groups in total. The molecule has 1 aromatic heterocycles. The van der Waals surface area contributed by atoms with Gasteiger partial charge in [0.25, 0.3) is 5.91 Å². The van der Waals surface area contributed by atoms with Crippen molar-refractivity contribution < 1.29 is 4.79 Å². The van der Waals surface area contributed by atoms with Crippen molar-refractivity contribution in [3.63, 3.8) is 0 Å². The second kappa shape index (κ2) is 6.27. The summed E-state index contributed by atoms with van der Waals surface area (Å²) in [5.74, 6) is 1.06. The molecule has 0 bridgehead atoms. The summed E-state index contributed by atoms with van der Waals surface area (Å²) in [6, 6.07) is 0.285. The van der Waals surface area contributed by atoms with Gasteiger partial charge >= 0.3 is 0 Å². The van der Waals surface area contributed by atoms with Gasteiger partial charge in [-0.2, -0.15) is 5.10 Å². The van der Waals surface area contributed by atoms with Crippen LogP contribution in [0.4, 0.5) is 0 Å². The van der Waals surface area contributed by atoms with Gasteiger partial charge in [0.15, 0.2) is 5.69 Å². The molecule has 1 atom stereocenters. The topological polar surface area (TPSA) is 52.2 Å². The average molecular weight is 316 g/mol. The van der Waals surface area contributed by atoms with E-state index in [4.69, 9.17) is 0 Å². The fourth-order valence-electron chi connectivity index (χ4n) is 4.14. The molecule has 0 radical (unpaired) electrons. The third-order valence-electron chi connectivity index (χ3n) is 5.69. The van der Waals surface area contributed by atoms with Crippen LogP contribution >= 0.6 is 0 Å². The minimum Gasteiger partial charge on any atom is -0.332 e. The molecule has 1 saturated heterocycles. The third-order valence-corrected chi connectivity index (χ3v) is 5.69. The number of aromatic nitrogens is 2. The summed E-state index contributed by atoms with van der Waals surface area (Å²) >= 11 is 0. The second-order valence-corrected chi connectivity index (χ2v) is 7.64. The van der Waals surface area contributed by atoms with E-state index in [1.165, 1.54) is 49.9 Å². The number of carbonyl (C=O) groups is 1. The lowest BCUT2D eigenvalue weighted by Crippen LogP contribution is -2.54. The number of hydrogen-bond acceptors (Lipinski definition) is 3. The van der Waals surface area contributed by atoms with Crippen LogP contribution in [-0.2, 0) is 12.8 Å². The number of H-pyrrole nitrogens is 1. The summed E-state index contributed by atoms with van der Waals surface area (Å²) in [5, 5.41) is 7.53. The first-order valence-electron chi connectivity index (χ1n) is 9.32. The highest BCUT2D eigenvalue weighted by molar-refractivity contribution is 5.94. The average Bonchev–Trinajstić information content (AvgIpc) is 3.31. The Balaban J connectivity index is 1.45. The molecule has 1 aliphatic heterocycles. The van der Waals surface area contributed by atoms with Gasteiger partial charge in [-0.1, -0.05) is 6.42 Å². The number of aryl methyl sites for hydroxylation is 1. The minimum absolute atomic E-state index is 0.142. The van der Waals surface area contributed by atoms with Crippen molar-refractivity contribution in [2.45, 2.75) is 57.9 Å². The van der Waals surface area contributed by atoms with E-state index in [1.54, 1.807) is 0 Å². The molecule has 126 valence electrons. The molecule has 0 aromatic carbocycles. The van der Waals surface area contributed by atoms with Crippen molar-refractivity contribution >= 4 is 5.91 Å². The fourth-order valence-corrected chi connectivity index (χ4v) is 4.14. The van der Waals surface area contributed by atoms with E-state index in [0.717, 1.165) is 38.4 Å². The van der Waals surface area contributed by atoms with E-state index in [9.17, 15) is 4.79 Å². The lowest BCUT2D eigenvalue weighted by molar-refractivity contribution is 0.0475. The smallest absolute Gasteiger partial charge is 0.274 e. The van der Waals surface area contributed by atoms with Crippen LogP contribution in [0.25, 0.3) is 0 Å². The quantitative estimate of drug-likeness (QED) is 0.870. The molecule has 3 aliphatic rings. The SMILES string of the molecule is C[C@@H]1CN(CC2CC2)CCN1C(=O)c1n[nH]c2c1CCCCC2. The standard InChI is InChI=1S/C18H28N4O/c1-13-11-21(12-14-7-8-14)9-10-22(13)18(23)17-15-5-3-2-4-6-16(15)19-20-17/h13-14H,2-12H2,1H3,(H,19,20)/t13-/m1/s1. The van der Waals surface area contributed by atoms with Crippen LogP contribution in [0.1, 0.15) is 60.8 Å². The number of nitrogens with zero attached hydrogens (tertiary/aromatic N) is 3. The lowest BCUT2D eigenvalue weighted by atomic mass is 10.1. The Kier molecular flexibility index (Phi) is 4.14. The van der Waals surface area contributed by atoms with Gasteiger partial charge in [0, 0.05) is 43.5 Å². The molecular weight excluding hydrogens is 288 g/mol. The fraction of sp³-hybridized carbons (Fsp3) is 0.778. The minimum atomic E-state index is 0.142. The number of piperazine rings is 1. The molecule has 23 heavy (non-hydrogen) atoms. The summed E-state index contributed by atoms with van der Waals surface area (Å²) in [6.45, 7) is 6.27. The highest BCUT2D eigenvalue weighted by atomic mass is 16.2. The van der Waals surface area contributed by atoms with Gasteiger partial charge in [0.2, 0.25) is 0 Å². The molecule has 2 heterocycles. The molecular formula is C18H28N4O. The third kappa shape index (κ3) is 3.16. The predicted molar refractivity (Wildman–Crippen MR) is 89.5 cm³/mol. The van der Waals surface area contributed by atoms with Crippen molar-refractivity contribution in [1.29, 1.82) is 0 Å². The van der Waals surface area contributed by atoms with E-state index >= 15 is 0 Å². The van der Waals surface area contributed by atoms with Crippen molar-refractivity contribution in [2.75, 3.05) is 26.2 Å². The molecule has 4 rings (SSSR count). The van der Waals surface area contributed by atoms with E-state index < -0.39 is 0 Å². The normalized spacial score (nSPS) is 26.0. The Labute approximate surface area is 138 Å². The number of aromatic amines is 1. The lowest BCUT2D eigenvalue weighted by Gasteiger charge is -2.39.